The molecule has 6 heteroatoms. The lowest BCUT2D eigenvalue weighted by Crippen LogP contribution is -2.50. The highest BCUT2D eigenvalue weighted by Gasteiger charge is 2.36. The topological polar surface area (TPSA) is 58.4 Å². The summed E-state index contributed by atoms with van der Waals surface area (Å²) in [6.07, 6.45) is 4.76. The van der Waals surface area contributed by atoms with Gasteiger partial charge in [0.2, 0.25) is 0 Å². The van der Waals surface area contributed by atoms with Gasteiger partial charge in [0.05, 0.1) is 5.56 Å². The van der Waals surface area contributed by atoms with Gasteiger partial charge in [-0.3, -0.25) is 4.79 Å². The molecule has 0 spiro atoms. The Morgan fingerprint density at radius 1 is 1.24 bits per heavy atom. The van der Waals surface area contributed by atoms with Crippen molar-refractivity contribution in [1.29, 1.82) is 0 Å². The van der Waals surface area contributed by atoms with E-state index in [-0.39, 0.29) is 36.3 Å². The number of hydrogen-bond donors (Lipinski definition) is 2. The minimum absolute atomic E-state index is 0. The maximum absolute atomic E-state index is 12.2. The van der Waals surface area contributed by atoms with Crippen LogP contribution in [0.5, 0.6) is 0 Å². The zero-order chi connectivity index (χ0) is 13.9. The molecule has 21 heavy (non-hydrogen) atoms. The van der Waals surface area contributed by atoms with Gasteiger partial charge in [0.25, 0.3) is 5.91 Å². The summed E-state index contributed by atoms with van der Waals surface area (Å²) in [5.41, 5.74) is 7.03. The number of nitrogens with one attached hydrogen (secondary N) is 1. The van der Waals surface area contributed by atoms with Crippen LogP contribution in [0.3, 0.4) is 0 Å². The standard InChI is InChI=1S/C15H23N3O.2ClH/c1-18(2)15(9-5-6-10-15)11-17-14(19)12-7-3-4-8-13(12)16;;/h3-4,7-8H,5-6,9-11,16H2,1-2H3,(H,17,19);2*1H. The van der Waals surface area contributed by atoms with Gasteiger partial charge in [-0.2, -0.15) is 0 Å². The van der Waals surface area contributed by atoms with Crippen molar-refractivity contribution in [1.82, 2.24) is 10.2 Å². The van der Waals surface area contributed by atoms with Crippen LogP contribution in [0.4, 0.5) is 5.69 Å². The highest BCUT2D eigenvalue weighted by atomic mass is 35.5. The molecule has 1 saturated carbocycles. The third-order valence-electron chi connectivity index (χ3n) is 4.27. The van der Waals surface area contributed by atoms with Crippen molar-refractivity contribution in [2.24, 2.45) is 0 Å². The third-order valence-corrected chi connectivity index (χ3v) is 4.27. The lowest BCUT2D eigenvalue weighted by molar-refractivity contribution is 0.0901. The van der Waals surface area contributed by atoms with Gasteiger partial charge in [0, 0.05) is 17.8 Å². The highest BCUT2D eigenvalue weighted by Crippen LogP contribution is 2.33. The first kappa shape index (κ1) is 20.0. The molecule has 0 radical (unpaired) electrons. The Morgan fingerprint density at radius 2 is 1.81 bits per heavy atom. The van der Waals surface area contributed by atoms with Crippen LogP contribution in [0.2, 0.25) is 0 Å². The summed E-state index contributed by atoms with van der Waals surface area (Å²) >= 11 is 0. The maximum Gasteiger partial charge on any atom is 0.253 e. The fourth-order valence-corrected chi connectivity index (χ4v) is 2.86. The van der Waals surface area contributed by atoms with Gasteiger partial charge in [0.1, 0.15) is 0 Å². The maximum atomic E-state index is 12.2. The number of para-hydroxylation sites is 1. The Bertz CT molecular complexity index is 460. The first-order chi connectivity index (χ1) is 9.05. The number of rotatable bonds is 4. The van der Waals surface area contributed by atoms with Crippen LogP contribution >= 0.6 is 24.8 Å². The van der Waals surface area contributed by atoms with Gasteiger partial charge < -0.3 is 16.0 Å². The number of carbonyl (C=O) groups excluding carboxylic acids is 1. The summed E-state index contributed by atoms with van der Waals surface area (Å²) in [6.45, 7) is 0.688. The average Bonchev–Trinajstić information content (AvgIpc) is 2.86. The highest BCUT2D eigenvalue weighted by molar-refractivity contribution is 5.99. The molecule has 3 N–H and O–H groups in total. The Balaban J connectivity index is 0.00000200. The van der Waals surface area contributed by atoms with Crippen molar-refractivity contribution in [2.75, 3.05) is 26.4 Å². The number of carbonyl (C=O) groups is 1. The molecule has 0 bridgehead atoms. The zero-order valence-corrected chi connectivity index (χ0v) is 14.2. The van der Waals surface area contributed by atoms with E-state index >= 15 is 0 Å². The van der Waals surface area contributed by atoms with Crippen molar-refractivity contribution in [2.45, 2.75) is 31.2 Å². The van der Waals surface area contributed by atoms with Crippen molar-refractivity contribution in [3.8, 4) is 0 Å². The molecule has 0 saturated heterocycles. The molecule has 0 atom stereocenters. The Hall–Kier alpha value is -0.970. The number of benzene rings is 1. The third kappa shape index (κ3) is 4.50. The summed E-state index contributed by atoms with van der Waals surface area (Å²) < 4.78 is 0. The minimum Gasteiger partial charge on any atom is -0.398 e. The molecule has 0 unspecified atom stereocenters. The van der Waals surface area contributed by atoms with Crippen LogP contribution in [-0.4, -0.2) is 37.0 Å². The second kappa shape index (κ2) is 8.47. The number of nitrogens with zero attached hydrogens (tertiary/aromatic N) is 1. The van der Waals surface area contributed by atoms with E-state index in [0.29, 0.717) is 17.8 Å². The predicted octanol–water partition coefficient (Wildman–Crippen LogP) is 2.72. The Labute approximate surface area is 139 Å². The number of nitrogens with two attached hydrogens (primary N) is 1. The van der Waals surface area contributed by atoms with E-state index in [1.54, 1.807) is 12.1 Å². The van der Waals surface area contributed by atoms with Gasteiger partial charge in [-0.05, 0) is 39.1 Å². The van der Waals surface area contributed by atoms with Crippen LogP contribution in [0, 0.1) is 0 Å². The summed E-state index contributed by atoms with van der Waals surface area (Å²) in [5, 5.41) is 3.04. The fraction of sp³-hybridized carbons (Fsp3) is 0.533. The van der Waals surface area contributed by atoms with E-state index in [0.717, 1.165) is 12.8 Å². The van der Waals surface area contributed by atoms with Crippen LogP contribution in [0.1, 0.15) is 36.0 Å². The second-order valence-corrected chi connectivity index (χ2v) is 5.60. The summed E-state index contributed by atoms with van der Waals surface area (Å²) in [4.78, 5) is 14.4. The van der Waals surface area contributed by atoms with E-state index < -0.39 is 0 Å². The van der Waals surface area contributed by atoms with E-state index in [4.69, 9.17) is 5.73 Å². The molecule has 1 aromatic carbocycles. The largest absolute Gasteiger partial charge is 0.398 e. The molecular formula is C15H25Cl2N3O. The van der Waals surface area contributed by atoms with Gasteiger partial charge in [-0.15, -0.1) is 24.8 Å². The first-order valence-corrected chi connectivity index (χ1v) is 6.85. The van der Waals surface area contributed by atoms with Crippen molar-refractivity contribution < 1.29 is 4.79 Å². The van der Waals surface area contributed by atoms with Crippen LogP contribution < -0.4 is 11.1 Å². The van der Waals surface area contributed by atoms with Gasteiger partial charge in [-0.25, -0.2) is 0 Å². The molecule has 1 aliphatic rings. The van der Waals surface area contributed by atoms with Crippen LogP contribution in [0.25, 0.3) is 0 Å². The second-order valence-electron chi connectivity index (χ2n) is 5.60. The summed E-state index contributed by atoms with van der Waals surface area (Å²) in [6, 6.07) is 7.20. The molecule has 1 aromatic rings. The quantitative estimate of drug-likeness (QED) is 0.833. The molecule has 1 aliphatic carbocycles. The molecular weight excluding hydrogens is 309 g/mol. The number of amides is 1. The number of anilines is 1. The SMILES string of the molecule is CN(C)C1(CNC(=O)c2ccccc2N)CCCC1.Cl.Cl. The molecule has 2 rings (SSSR count). The van der Waals surface area contributed by atoms with Crippen molar-refractivity contribution >= 4 is 36.4 Å². The molecule has 120 valence electrons. The Morgan fingerprint density at radius 3 is 2.33 bits per heavy atom. The summed E-state index contributed by atoms with van der Waals surface area (Å²) in [7, 11) is 4.18. The molecule has 4 nitrogen and oxygen atoms in total. The Kier molecular flexibility index (Phi) is 8.08. The van der Waals surface area contributed by atoms with Gasteiger partial charge >= 0.3 is 0 Å². The lowest BCUT2D eigenvalue weighted by Gasteiger charge is -2.36. The fourth-order valence-electron chi connectivity index (χ4n) is 2.86. The van der Waals surface area contributed by atoms with E-state index in [1.807, 2.05) is 12.1 Å². The van der Waals surface area contributed by atoms with E-state index in [9.17, 15) is 4.79 Å². The van der Waals surface area contributed by atoms with Crippen molar-refractivity contribution in [3.05, 3.63) is 29.8 Å². The van der Waals surface area contributed by atoms with Gasteiger partial charge in [0.15, 0.2) is 0 Å². The molecule has 0 aromatic heterocycles. The van der Waals surface area contributed by atoms with Gasteiger partial charge in [-0.1, -0.05) is 25.0 Å². The number of halogens is 2. The first-order valence-electron chi connectivity index (χ1n) is 6.85. The van der Waals surface area contributed by atoms with E-state index in [1.165, 1.54) is 12.8 Å². The minimum atomic E-state index is -0.0776. The molecule has 0 aliphatic heterocycles. The molecule has 1 fully saturated rings. The summed E-state index contributed by atoms with van der Waals surface area (Å²) in [5.74, 6) is -0.0776. The predicted molar refractivity (Wildman–Crippen MR) is 92.6 cm³/mol. The number of hydrogen-bond acceptors (Lipinski definition) is 3. The normalized spacial score (nSPS) is 16.0. The lowest BCUT2D eigenvalue weighted by atomic mass is 9.96. The monoisotopic (exact) mass is 333 g/mol. The van der Waals surface area contributed by atoms with Crippen molar-refractivity contribution in [3.63, 3.8) is 0 Å². The van der Waals surface area contributed by atoms with E-state index in [2.05, 4.69) is 24.3 Å². The van der Waals surface area contributed by atoms with Crippen LogP contribution in [0.15, 0.2) is 24.3 Å². The molecule has 1 amide bonds. The smallest absolute Gasteiger partial charge is 0.253 e. The zero-order valence-electron chi connectivity index (χ0n) is 12.6. The average molecular weight is 334 g/mol. The number of likely N-dealkylation sites (N-methyl/N-ethyl adjacent to an activating group) is 1. The molecule has 0 heterocycles. The van der Waals surface area contributed by atoms with Crippen LogP contribution in [-0.2, 0) is 0 Å². The number of nitrogen functional groups attached to an aromatic ring is 1.